The molecule has 1 rings (SSSR count). The molecule has 15 heavy (non-hydrogen) atoms. The average Bonchev–Trinajstić information content (AvgIpc) is 2.16. The zero-order chi connectivity index (χ0) is 11.4. The van der Waals surface area contributed by atoms with Gasteiger partial charge in [-0.1, -0.05) is 31.5 Å². The van der Waals surface area contributed by atoms with Crippen molar-refractivity contribution in [3.63, 3.8) is 0 Å². The molecule has 2 nitrogen and oxygen atoms in total. The number of hydrogen-bond donors (Lipinski definition) is 2. The minimum Gasteiger partial charge on any atom is -0.423 e. The van der Waals surface area contributed by atoms with Gasteiger partial charge in [0.05, 0.1) is 5.02 Å². The molecule has 82 valence electrons. The maximum atomic E-state index is 9.02. The molecule has 0 aliphatic heterocycles. The fraction of sp³-hybridized carbons (Fsp3) is 0.400. The van der Waals surface area contributed by atoms with Crippen molar-refractivity contribution in [2.75, 3.05) is 5.75 Å². The summed E-state index contributed by atoms with van der Waals surface area (Å²) in [6, 6.07) is 5.03. The Bertz CT molecular complexity index is 331. The minimum atomic E-state index is -1.43. The van der Waals surface area contributed by atoms with Crippen molar-refractivity contribution in [2.24, 2.45) is 5.92 Å². The van der Waals surface area contributed by atoms with E-state index in [0.29, 0.717) is 16.4 Å². The highest BCUT2D eigenvalue weighted by molar-refractivity contribution is 7.99. The van der Waals surface area contributed by atoms with Gasteiger partial charge in [-0.3, -0.25) is 0 Å². The van der Waals surface area contributed by atoms with E-state index < -0.39 is 7.12 Å². The van der Waals surface area contributed by atoms with Crippen LogP contribution in [-0.2, 0) is 0 Å². The van der Waals surface area contributed by atoms with E-state index >= 15 is 0 Å². The first kappa shape index (κ1) is 12.9. The smallest absolute Gasteiger partial charge is 0.423 e. The van der Waals surface area contributed by atoms with Gasteiger partial charge in [0.2, 0.25) is 0 Å². The zero-order valence-corrected chi connectivity index (χ0v) is 10.3. The van der Waals surface area contributed by atoms with Crippen molar-refractivity contribution in [2.45, 2.75) is 18.7 Å². The van der Waals surface area contributed by atoms with Crippen LogP contribution < -0.4 is 5.46 Å². The maximum Gasteiger partial charge on any atom is 0.488 e. The van der Waals surface area contributed by atoms with E-state index in [1.54, 1.807) is 30.0 Å². The van der Waals surface area contributed by atoms with Crippen LogP contribution in [0.3, 0.4) is 0 Å². The van der Waals surface area contributed by atoms with E-state index in [2.05, 4.69) is 13.8 Å². The number of thioether (sulfide) groups is 1. The van der Waals surface area contributed by atoms with Crippen LogP contribution in [0.25, 0.3) is 0 Å². The summed E-state index contributed by atoms with van der Waals surface area (Å²) in [5.74, 6) is 1.54. The summed E-state index contributed by atoms with van der Waals surface area (Å²) in [4.78, 5) is 0.899. The predicted octanol–water partition coefficient (Wildman–Crippen LogP) is 1.77. The van der Waals surface area contributed by atoms with Crippen LogP contribution in [0, 0.1) is 5.92 Å². The normalized spacial score (nSPS) is 10.8. The minimum absolute atomic E-state index is 0.477. The van der Waals surface area contributed by atoms with E-state index in [1.165, 1.54) is 0 Å². The lowest BCUT2D eigenvalue weighted by atomic mass is 9.80. The summed E-state index contributed by atoms with van der Waals surface area (Å²) in [5.41, 5.74) is 0.477. The molecule has 0 aliphatic carbocycles. The topological polar surface area (TPSA) is 40.5 Å². The Balaban J connectivity index is 2.81. The number of hydrogen-bond acceptors (Lipinski definition) is 3. The van der Waals surface area contributed by atoms with Gasteiger partial charge in [0.25, 0.3) is 0 Å². The molecule has 0 radical (unpaired) electrons. The molecule has 0 fully saturated rings. The van der Waals surface area contributed by atoms with E-state index in [4.69, 9.17) is 21.6 Å². The fourth-order valence-electron chi connectivity index (χ4n) is 1.05. The third kappa shape index (κ3) is 4.07. The highest BCUT2D eigenvalue weighted by Gasteiger charge is 2.13. The lowest BCUT2D eigenvalue weighted by Crippen LogP contribution is -2.29. The Morgan fingerprint density at radius 2 is 2.07 bits per heavy atom. The van der Waals surface area contributed by atoms with Gasteiger partial charge in [-0.15, -0.1) is 11.8 Å². The van der Waals surface area contributed by atoms with Crippen molar-refractivity contribution in [3.8, 4) is 0 Å². The predicted molar refractivity (Wildman–Crippen MR) is 66.8 cm³/mol. The maximum absolute atomic E-state index is 9.02. The summed E-state index contributed by atoms with van der Waals surface area (Å²) in [7, 11) is -1.43. The van der Waals surface area contributed by atoms with Crippen molar-refractivity contribution in [1.82, 2.24) is 0 Å². The molecule has 0 heterocycles. The summed E-state index contributed by atoms with van der Waals surface area (Å²) < 4.78 is 0. The Hall–Kier alpha value is -0.155. The van der Waals surface area contributed by atoms with E-state index in [9.17, 15) is 0 Å². The monoisotopic (exact) mass is 244 g/mol. The lowest BCUT2D eigenvalue weighted by molar-refractivity contribution is 0.425. The quantitative estimate of drug-likeness (QED) is 0.626. The number of halogens is 1. The van der Waals surface area contributed by atoms with E-state index in [0.717, 1.165) is 10.6 Å². The SMILES string of the molecule is CC(C)CSc1cc(B(O)O)ccc1Cl. The lowest BCUT2D eigenvalue weighted by Gasteiger charge is -2.08. The van der Waals surface area contributed by atoms with Crippen LogP contribution in [0.15, 0.2) is 23.1 Å². The molecule has 0 aliphatic rings. The van der Waals surface area contributed by atoms with Gasteiger partial charge in [0.1, 0.15) is 0 Å². The average molecular weight is 245 g/mol. The Morgan fingerprint density at radius 1 is 1.40 bits per heavy atom. The molecule has 1 aromatic rings. The summed E-state index contributed by atoms with van der Waals surface area (Å²) >= 11 is 7.63. The van der Waals surface area contributed by atoms with Gasteiger partial charge in [-0.05, 0) is 23.5 Å². The molecule has 0 bridgehead atoms. The molecular formula is C10H14BClO2S. The highest BCUT2D eigenvalue weighted by Crippen LogP contribution is 2.27. The standard InChI is InChI=1S/C10H14BClO2S/c1-7(2)6-15-10-5-8(11(13)14)3-4-9(10)12/h3-5,7,13-14H,6H2,1-2H3. The Morgan fingerprint density at radius 3 is 2.60 bits per heavy atom. The number of benzene rings is 1. The van der Waals surface area contributed by atoms with Gasteiger partial charge < -0.3 is 10.0 Å². The molecular weight excluding hydrogens is 230 g/mol. The largest absolute Gasteiger partial charge is 0.488 e. The fourth-order valence-corrected chi connectivity index (χ4v) is 2.27. The van der Waals surface area contributed by atoms with Crippen LogP contribution >= 0.6 is 23.4 Å². The summed E-state index contributed by atoms with van der Waals surface area (Å²) in [6.45, 7) is 4.26. The molecule has 0 aromatic heterocycles. The molecule has 0 saturated heterocycles. The van der Waals surface area contributed by atoms with Crippen LogP contribution in [0.1, 0.15) is 13.8 Å². The molecule has 0 saturated carbocycles. The van der Waals surface area contributed by atoms with E-state index in [-0.39, 0.29) is 0 Å². The molecule has 0 amide bonds. The van der Waals surface area contributed by atoms with Gasteiger partial charge in [0, 0.05) is 10.6 Å². The third-order valence-electron chi connectivity index (χ3n) is 1.83. The Labute approximate surface area is 99.8 Å². The second kappa shape index (κ2) is 5.80. The van der Waals surface area contributed by atoms with Crippen LogP contribution in [0.5, 0.6) is 0 Å². The van der Waals surface area contributed by atoms with Crippen molar-refractivity contribution in [1.29, 1.82) is 0 Å². The van der Waals surface area contributed by atoms with Crippen molar-refractivity contribution >= 4 is 35.9 Å². The van der Waals surface area contributed by atoms with Crippen molar-refractivity contribution < 1.29 is 10.0 Å². The van der Waals surface area contributed by atoms with E-state index in [1.807, 2.05) is 0 Å². The summed E-state index contributed by atoms with van der Waals surface area (Å²) in [6.07, 6.45) is 0. The second-order valence-corrected chi connectivity index (χ2v) is 5.24. The molecule has 2 N–H and O–H groups in total. The van der Waals surface area contributed by atoms with Crippen LogP contribution in [0.2, 0.25) is 5.02 Å². The van der Waals surface area contributed by atoms with Gasteiger partial charge >= 0.3 is 7.12 Å². The molecule has 0 atom stereocenters. The number of rotatable bonds is 4. The summed E-state index contributed by atoms with van der Waals surface area (Å²) in [5, 5.41) is 18.7. The first-order valence-corrected chi connectivity index (χ1v) is 6.15. The van der Waals surface area contributed by atoms with Gasteiger partial charge in [0.15, 0.2) is 0 Å². The van der Waals surface area contributed by atoms with Gasteiger partial charge in [-0.25, -0.2) is 0 Å². The zero-order valence-electron chi connectivity index (χ0n) is 8.77. The first-order valence-electron chi connectivity index (χ1n) is 4.79. The highest BCUT2D eigenvalue weighted by atomic mass is 35.5. The molecule has 1 aromatic carbocycles. The third-order valence-corrected chi connectivity index (χ3v) is 3.75. The first-order chi connectivity index (χ1) is 7.00. The van der Waals surface area contributed by atoms with Gasteiger partial charge in [-0.2, -0.15) is 0 Å². The molecule has 0 unspecified atom stereocenters. The van der Waals surface area contributed by atoms with Crippen molar-refractivity contribution in [3.05, 3.63) is 23.2 Å². The molecule has 5 heteroatoms. The second-order valence-electron chi connectivity index (χ2n) is 3.77. The Kier molecular flexibility index (Phi) is 4.99. The van der Waals surface area contributed by atoms with Crippen LogP contribution in [0.4, 0.5) is 0 Å². The molecule has 0 spiro atoms. The van der Waals surface area contributed by atoms with Crippen LogP contribution in [-0.4, -0.2) is 22.9 Å².